The molecule has 3 rings (SSSR count). The van der Waals surface area contributed by atoms with E-state index >= 15 is 0 Å². The maximum Gasteiger partial charge on any atom is 0.0412 e. The Morgan fingerprint density at radius 1 is 1.14 bits per heavy atom. The Balaban J connectivity index is 1.65. The van der Waals surface area contributed by atoms with E-state index in [1.807, 2.05) is 0 Å². The van der Waals surface area contributed by atoms with Gasteiger partial charge in [-0.2, -0.15) is 0 Å². The van der Waals surface area contributed by atoms with Crippen LogP contribution in [0.25, 0.3) is 0 Å². The first-order chi connectivity index (χ1) is 10.3. The SMILES string of the molecule is CCCNCc1cc(C)ccc1N1CCN(C2CC2)CC1. The molecule has 1 aromatic carbocycles. The Morgan fingerprint density at radius 3 is 2.57 bits per heavy atom. The number of hydrogen-bond acceptors (Lipinski definition) is 3. The lowest BCUT2D eigenvalue weighted by molar-refractivity contribution is 0.248. The van der Waals surface area contributed by atoms with E-state index in [0.717, 1.165) is 19.1 Å². The van der Waals surface area contributed by atoms with E-state index in [-0.39, 0.29) is 0 Å². The van der Waals surface area contributed by atoms with Gasteiger partial charge in [0.15, 0.2) is 0 Å². The summed E-state index contributed by atoms with van der Waals surface area (Å²) in [5, 5.41) is 3.56. The van der Waals surface area contributed by atoms with Crippen molar-refractivity contribution in [3.05, 3.63) is 29.3 Å². The monoisotopic (exact) mass is 287 g/mol. The van der Waals surface area contributed by atoms with E-state index in [1.54, 1.807) is 0 Å². The highest BCUT2D eigenvalue weighted by Crippen LogP contribution is 2.29. The fourth-order valence-electron chi connectivity index (χ4n) is 3.33. The highest BCUT2D eigenvalue weighted by molar-refractivity contribution is 5.55. The Morgan fingerprint density at radius 2 is 1.90 bits per heavy atom. The van der Waals surface area contributed by atoms with E-state index in [2.05, 4.69) is 47.2 Å². The molecule has 1 heterocycles. The summed E-state index contributed by atoms with van der Waals surface area (Å²) in [4.78, 5) is 5.26. The molecular formula is C18H29N3. The van der Waals surface area contributed by atoms with E-state index in [9.17, 15) is 0 Å². The smallest absolute Gasteiger partial charge is 0.0412 e. The molecule has 116 valence electrons. The lowest BCUT2D eigenvalue weighted by atomic mass is 10.1. The maximum atomic E-state index is 3.56. The highest BCUT2D eigenvalue weighted by atomic mass is 15.3. The molecule has 1 aliphatic heterocycles. The quantitative estimate of drug-likeness (QED) is 0.812. The summed E-state index contributed by atoms with van der Waals surface area (Å²) in [6, 6.07) is 7.85. The van der Waals surface area contributed by atoms with Gasteiger partial charge in [-0.25, -0.2) is 0 Å². The first-order valence-electron chi connectivity index (χ1n) is 8.57. The normalized spacial score (nSPS) is 20.0. The molecule has 1 saturated carbocycles. The first-order valence-corrected chi connectivity index (χ1v) is 8.57. The molecule has 1 aromatic rings. The standard InChI is InChI=1S/C18H29N3/c1-3-8-19-14-16-13-15(2)4-7-18(16)21-11-9-20(10-12-21)17-5-6-17/h4,7,13,17,19H,3,5-6,8-12,14H2,1-2H3. The molecular weight excluding hydrogens is 258 g/mol. The van der Waals surface area contributed by atoms with Gasteiger partial charge in [0.25, 0.3) is 0 Å². The number of nitrogens with zero attached hydrogens (tertiary/aromatic N) is 2. The molecule has 0 unspecified atom stereocenters. The van der Waals surface area contributed by atoms with E-state index in [0.29, 0.717) is 0 Å². The molecule has 0 aromatic heterocycles. The van der Waals surface area contributed by atoms with E-state index in [1.165, 1.54) is 62.3 Å². The van der Waals surface area contributed by atoms with Gasteiger partial charge in [-0.05, 0) is 44.4 Å². The molecule has 1 aliphatic carbocycles. The fraction of sp³-hybridized carbons (Fsp3) is 0.667. The second kappa shape index (κ2) is 6.80. The van der Waals surface area contributed by atoms with Crippen molar-refractivity contribution in [3.8, 4) is 0 Å². The van der Waals surface area contributed by atoms with E-state index in [4.69, 9.17) is 0 Å². The minimum absolute atomic E-state index is 0.913. The van der Waals surface area contributed by atoms with Gasteiger partial charge >= 0.3 is 0 Å². The number of nitrogens with one attached hydrogen (secondary N) is 1. The van der Waals surface area contributed by atoms with Crippen molar-refractivity contribution in [1.29, 1.82) is 0 Å². The molecule has 2 aliphatic rings. The molecule has 3 heteroatoms. The van der Waals surface area contributed by atoms with E-state index < -0.39 is 0 Å². The summed E-state index contributed by atoms with van der Waals surface area (Å²) < 4.78 is 0. The average molecular weight is 287 g/mol. The Hall–Kier alpha value is -1.06. The summed E-state index contributed by atoms with van der Waals surface area (Å²) in [6.07, 6.45) is 4.05. The third-order valence-corrected chi connectivity index (χ3v) is 4.70. The number of aryl methyl sites for hydroxylation is 1. The van der Waals surface area contributed by atoms with Crippen molar-refractivity contribution in [1.82, 2.24) is 10.2 Å². The molecule has 0 bridgehead atoms. The van der Waals surface area contributed by atoms with Gasteiger partial charge in [-0.1, -0.05) is 24.6 Å². The van der Waals surface area contributed by atoms with Crippen LogP contribution in [0.2, 0.25) is 0 Å². The lowest BCUT2D eigenvalue weighted by Crippen LogP contribution is -2.47. The van der Waals surface area contributed by atoms with Crippen LogP contribution in [0.1, 0.15) is 37.3 Å². The Labute approximate surface area is 129 Å². The fourth-order valence-corrected chi connectivity index (χ4v) is 3.33. The molecule has 0 spiro atoms. The minimum atomic E-state index is 0.913. The Bertz CT molecular complexity index is 460. The van der Waals surface area contributed by atoms with Crippen LogP contribution in [0, 0.1) is 6.92 Å². The highest BCUT2D eigenvalue weighted by Gasteiger charge is 2.31. The second-order valence-corrected chi connectivity index (χ2v) is 6.56. The first kappa shape index (κ1) is 14.9. The zero-order valence-electron chi connectivity index (χ0n) is 13.6. The predicted octanol–water partition coefficient (Wildman–Crippen LogP) is 2.78. The van der Waals surface area contributed by atoms with Crippen LogP contribution in [-0.4, -0.2) is 43.7 Å². The number of anilines is 1. The van der Waals surface area contributed by atoms with Crippen molar-refractivity contribution in [2.75, 3.05) is 37.6 Å². The zero-order valence-corrected chi connectivity index (χ0v) is 13.6. The summed E-state index contributed by atoms with van der Waals surface area (Å²) in [7, 11) is 0. The average Bonchev–Trinajstić information content (AvgIpc) is 3.33. The minimum Gasteiger partial charge on any atom is -0.369 e. The van der Waals surface area contributed by atoms with Crippen LogP contribution in [0.4, 0.5) is 5.69 Å². The summed E-state index contributed by atoms with van der Waals surface area (Å²) in [5.74, 6) is 0. The van der Waals surface area contributed by atoms with Gasteiger partial charge < -0.3 is 10.2 Å². The van der Waals surface area contributed by atoms with Gasteiger partial charge in [-0.15, -0.1) is 0 Å². The van der Waals surface area contributed by atoms with Gasteiger partial charge in [0.05, 0.1) is 0 Å². The number of benzene rings is 1. The van der Waals surface area contributed by atoms with Crippen LogP contribution in [0.3, 0.4) is 0 Å². The van der Waals surface area contributed by atoms with Gasteiger partial charge in [0.2, 0.25) is 0 Å². The summed E-state index contributed by atoms with van der Waals surface area (Å²) >= 11 is 0. The summed E-state index contributed by atoms with van der Waals surface area (Å²) in [6.45, 7) is 11.3. The van der Waals surface area contributed by atoms with Crippen LogP contribution >= 0.6 is 0 Å². The van der Waals surface area contributed by atoms with Crippen LogP contribution in [0.5, 0.6) is 0 Å². The topological polar surface area (TPSA) is 18.5 Å². The maximum absolute atomic E-state index is 3.56. The van der Waals surface area contributed by atoms with Crippen molar-refractivity contribution < 1.29 is 0 Å². The number of hydrogen-bond donors (Lipinski definition) is 1. The van der Waals surface area contributed by atoms with Crippen molar-refractivity contribution in [3.63, 3.8) is 0 Å². The third kappa shape index (κ3) is 3.78. The van der Waals surface area contributed by atoms with Crippen molar-refractivity contribution in [2.24, 2.45) is 0 Å². The molecule has 3 nitrogen and oxygen atoms in total. The molecule has 21 heavy (non-hydrogen) atoms. The molecule has 0 amide bonds. The van der Waals surface area contributed by atoms with Gasteiger partial charge in [-0.3, -0.25) is 4.90 Å². The van der Waals surface area contributed by atoms with Crippen LogP contribution < -0.4 is 10.2 Å². The third-order valence-electron chi connectivity index (χ3n) is 4.70. The number of rotatable bonds is 6. The molecule has 1 saturated heterocycles. The lowest BCUT2D eigenvalue weighted by Gasteiger charge is -2.37. The molecule has 0 radical (unpaired) electrons. The second-order valence-electron chi connectivity index (χ2n) is 6.56. The molecule has 1 N–H and O–H groups in total. The van der Waals surface area contributed by atoms with Crippen molar-refractivity contribution in [2.45, 2.75) is 45.7 Å². The largest absolute Gasteiger partial charge is 0.369 e. The van der Waals surface area contributed by atoms with Crippen molar-refractivity contribution >= 4 is 5.69 Å². The predicted molar refractivity (Wildman–Crippen MR) is 90.0 cm³/mol. The van der Waals surface area contributed by atoms with Crippen LogP contribution in [0.15, 0.2) is 18.2 Å². The number of piperazine rings is 1. The molecule has 0 atom stereocenters. The summed E-state index contributed by atoms with van der Waals surface area (Å²) in [5.41, 5.74) is 4.27. The van der Waals surface area contributed by atoms with Crippen LogP contribution in [-0.2, 0) is 6.54 Å². The van der Waals surface area contributed by atoms with Gasteiger partial charge in [0, 0.05) is 44.5 Å². The zero-order chi connectivity index (χ0) is 14.7. The van der Waals surface area contributed by atoms with Gasteiger partial charge in [0.1, 0.15) is 0 Å². The Kier molecular flexibility index (Phi) is 4.81. The molecule has 2 fully saturated rings.